The second kappa shape index (κ2) is 3.62. The van der Waals surface area contributed by atoms with Crippen LogP contribution in [0, 0.1) is 5.82 Å². The van der Waals surface area contributed by atoms with Crippen molar-refractivity contribution < 1.29 is 17.6 Å². The van der Waals surface area contributed by atoms with Crippen molar-refractivity contribution in [3.63, 3.8) is 0 Å². The molecule has 0 unspecified atom stereocenters. The molecule has 1 N–H and O–H groups in total. The molecule has 2 rings (SSSR count). The van der Waals surface area contributed by atoms with Crippen molar-refractivity contribution in [1.82, 2.24) is 9.97 Å². The van der Waals surface area contributed by atoms with Crippen LogP contribution >= 0.6 is 0 Å². The van der Waals surface area contributed by atoms with Crippen molar-refractivity contribution in [1.29, 1.82) is 0 Å². The van der Waals surface area contributed by atoms with Crippen LogP contribution in [-0.4, -0.2) is 9.97 Å². The highest BCUT2D eigenvalue weighted by atomic mass is 19.4. The number of benzene rings is 1. The summed E-state index contributed by atoms with van der Waals surface area (Å²) in [6.45, 7) is 0. The first kappa shape index (κ1) is 10.7. The van der Waals surface area contributed by atoms with Gasteiger partial charge in [-0.25, -0.2) is 9.37 Å². The van der Waals surface area contributed by atoms with Crippen LogP contribution in [0.4, 0.5) is 17.6 Å². The van der Waals surface area contributed by atoms with E-state index in [0.29, 0.717) is 6.07 Å². The Morgan fingerprint density at radius 2 is 1.94 bits per heavy atom. The SMILES string of the molecule is Fc1c(-c2ncc[nH]2)cccc1C(F)(F)F. The maximum atomic E-state index is 13.6. The van der Waals surface area contributed by atoms with Crippen molar-refractivity contribution in [3.05, 3.63) is 42.0 Å². The monoisotopic (exact) mass is 230 g/mol. The quantitative estimate of drug-likeness (QED) is 0.748. The van der Waals surface area contributed by atoms with Crippen LogP contribution in [0.5, 0.6) is 0 Å². The van der Waals surface area contributed by atoms with Crippen molar-refractivity contribution in [2.45, 2.75) is 6.18 Å². The van der Waals surface area contributed by atoms with Crippen molar-refractivity contribution >= 4 is 0 Å². The van der Waals surface area contributed by atoms with Crippen LogP contribution < -0.4 is 0 Å². The molecule has 0 aliphatic heterocycles. The molecule has 84 valence electrons. The first-order valence-corrected chi connectivity index (χ1v) is 4.35. The summed E-state index contributed by atoms with van der Waals surface area (Å²) in [4.78, 5) is 6.26. The molecule has 0 amide bonds. The van der Waals surface area contributed by atoms with Gasteiger partial charge in [0.05, 0.1) is 11.1 Å². The number of hydrogen-bond acceptors (Lipinski definition) is 1. The number of imidazole rings is 1. The Morgan fingerprint density at radius 1 is 1.19 bits per heavy atom. The van der Waals surface area contributed by atoms with Gasteiger partial charge < -0.3 is 4.98 Å². The fourth-order valence-electron chi connectivity index (χ4n) is 1.35. The Kier molecular flexibility index (Phi) is 2.41. The first-order valence-electron chi connectivity index (χ1n) is 4.35. The summed E-state index contributed by atoms with van der Waals surface area (Å²) >= 11 is 0. The number of nitrogens with zero attached hydrogens (tertiary/aromatic N) is 1. The third kappa shape index (κ3) is 1.78. The van der Waals surface area contributed by atoms with Crippen LogP contribution in [0.15, 0.2) is 30.6 Å². The number of nitrogens with one attached hydrogen (secondary N) is 1. The molecule has 0 radical (unpaired) electrons. The maximum absolute atomic E-state index is 13.6. The Morgan fingerprint density at radius 3 is 2.50 bits per heavy atom. The second-order valence-corrected chi connectivity index (χ2v) is 3.10. The van der Waals surface area contributed by atoms with E-state index in [1.165, 1.54) is 18.5 Å². The molecule has 0 aliphatic carbocycles. The summed E-state index contributed by atoms with van der Waals surface area (Å²) in [7, 11) is 0. The van der Waals surface area contributed by atoms with E-state index in [-0.39, 0.29) is 11.4 Å². The molecule has 0 saturated heterocycles. The minimum absolute atomic E-state index is 0.0728. The zero-order chi connectivity index (χ0) is 11.8. The standard InChI is InChI=1S/C10H6F4N2/c11-8-6(9-15-4-5-16-9)2-1-3-7(8)10(12,13)14/h1-5H,(H,15,16). The summed E-state index contributed by atoms with van der Waals surface area (Å²) in [6, 6.07) is 3.08. The minimum atomic E-state index is -4.70. The van der Waals surface area contributed by atoms with E-state index in [9.17, 15) is 17.6 Å². The molecule has 0 saturated carbocycles. The molecule has 0 bridgehead atoms. The van der Waals surface area contributed by atoms with Gasteiger partial charge in [-0.1, -0.05) is 6.07 Å². The number of rotatable bonds is 1. The van der Waals surface area contributed by atoms with E-state index in [2.05, 4.69) is 9.97 Å². The van der Waals surface area contributed by atoms with E-state index in [1.54, 1.807) is 0 Å². The summed E-state index contributed by atoms with van der Waals surface area (Å²) < 4.78 is 50.8. The van der Waals surface area contributed by atoms with Crippen LogP contribution in [0.2, 0.25) is 0 Å². The highest BCUT2D eigenvalue weighted by Crippen LogP contribution is 2.34. The molecule has 2 nitrogen and oxygen atoms in total. The molecule has 0 atom stereocenters. The van der Waals surface area contributed by atoms with Gasteiger partial charge in [-0.3, -0.25) is 0 Å². The number of aromatic nitrogens is 2. The van der Waals surface area contributed by atoms with Crippen LogP contribution in [-0.2, 0) is 6.18 Å². The second-order valence-electron chi connectivity index (χ2n) is 3.10. The third-order valence-electron chi connectivity index (χ3n) is 2.06. The predicted molar refractivity (Wildman–Crippen MR) is 49.0 cm³/mol. The van der Waals surface area contributed by atoms with Crippen molar-refractivity contribution in [2.75, 3.05) is 0 Å². The highest BCUT2D eigenvalue weighted by molar-refractivity contribution is 5.57. The predicted octanol–water partition coefficient (Wildman–Crippen LogP) is 3.23. The topological polar surface area (TPSA) is 28.7 Å². The van der Waals surface area contributed by atoms with Crippen molar-refractivity contribution in [3.8, 4) is 11.4 Å². The number of halogens is 4. The molecule has 1 aromatic heterocycles. The summed E-state index contributed by atoms with van der Waals surface area (Å²) in [5, 5.41) is 0. The van der Waals surface area contributed by atoms with Gasteiger partial charge >= 0.3 is 6.18 Å². The normalized spacial score (nSPS) is 11.8. The molecule has 0 fully saturated rings. The van der Waals surface area contributed by atoms with Crippen LogP contribution in [0.3, 0.4) is 0 Å². The maximum Gasteiger partial charge on any atom is 0.419 e. The minimum Gasteiger partial charge on any atom is -0.345 e. The lowest BCUT2D eigenvalue weighted by Crippen LogP contribution is -2.08. The Balaban J connectivity index is 2.58. The lowest BCUT2D eigenvalue weighted by atomic mass is 10.1. The van der Waals surface area contributed by atoms with Gasteiger partial charge in [-0.15, -0.1) is 0 Å². The Bertz CT molecular complexity index is 488. The van der Waals surface area contributed by atoms with Gasteiger partial charge in [0.1, 0.15) is 11.6 Å². The molecule has 1 heterocycles. The number of aromatic amines is 1. The first-order chi connectivity index (χ1) is 7.50. The van der Waals surface area contributed by atoms with E-state index in [0.717, 1.165) is 6.07 Å². The molecule has 1 aromatic carbocycles. The Hall–Kier alpha value is -1.85. The zero-order valence-electron chi connectivity index (χ0n) is 7.85. The summed E-state index contributed by atoms with van der Waals surface area (Å²) in [5.74, 6) is -1.24. The van der Waals surface area contributed by atoms with Gasteiger partial charge in [0, 0.05) is 12.4 Å². The summed E-state index contributed by atoms with van der Waals surface area (Å²) in [5.41, 5.74) is -1.48. The van der Waals surface area contributed by atoms with Gasteiger partial charge in [-0.2, -0.15) is 13.2 Å². The molecular weight excluding hydrogens is 224 g/mol. The lowest BCUT2D eigenvalue weighted by molar-refractivity contribution is -0.139. The molecular formula is C10H6F4N2. The van der Waals surface area contributed by atoms with E-state index < -0.39 is 17.6 Å². The summed E-state index contributed by atoms with van der Waals surface area (Å²) in [6.07, 6.45) is -1.95. The van der Waals surface area contributed by atoms with Crippen LogP contribution in [0.1, 0.15) is 5.56 Å². The van der Waals surface area contributed by atoms with E-state index in [1.807, 2.05) is 0 Å². The lowest BCUT2D eigenvalue weighted by Gasteiger charge is -2.09. The van der Waals surface area contributed by atoms with E-state index >= 15 is 0 Å². The van der Waals surface area contributed by atoms with Gasteiger partial charge in [-0.05, 0) is 12.1 Å². The highest BCUT2D eigenvalue weighted by Gasteiger charge is 2.35. The molecule has 16 heavy (non-hydrogen) atoms. The number of alkyl halides is 3. The average molecular weight is 230 g/mol. The number of hydrogen-bond donors (Lipinski definition) is 1. The van der Waals surface area contributed by atoms with E-state index in [4.69, 9.17) is 0 Å². The van der Waals surface area contributed by atoms with Crippen molar-refractivity contribution in [2.24, 2.45) is 0 Å². The third-order valence-corrected chi connectivity index (χ3v) is 2.06. The molecule has 0 spiro atoms. The number of H-pyrrole nitrogens is 1. The Labute approximate surface area is 87.9 Å². The zero-order valence-corrected chi connectivity index (χ0v) is 7.85. The fourth-order valence-corrected chi connectivity index (χ4v) is 1.35. The molecule has 6 heteroatoms. The molecule has 2 aromatic rings. The smallest absolute Gasteiger partial charge is 0.345 e. The van der Waals surface area contributed by atoms with Gasteiger partial charge in [0.2, 0.25) is 0 Å². The average Bonchev–Trinajstić information content (AvgIpc) is 2.69. The van der Waals surface area contributed by atoms with Gasteiger partial charge in [0.25, 0.3) is 0 Å². The van der Waals surface area contributed by atoms with Crippen LogP contribution in [0.25, 0.3) is 11.4 Å². The largest absolute Gasteiger partial charge is 0.419 e. The fraction of sp³-hybridized carbons (Fsp3) is 0.100. The van der Waals surface area contributed by atoms with Gasteiger partial charge in [0.15, 0.2) is 0 Å². The molecule has 0 aliphatic rings.